The minimum Gasteiger partial charge on any atom is -0.465 e. The van der Waals surface area contributed by atoms with Crippen molar-refractivity contribution in [3.63, 3.8) is 0 Å². The number of esters is 1. The van der Waals surface area contributed by atoms with Gasteiger partial charge in [-0.1, -0.05) is 0 Å². The van der Waals surface area contributed by atoms with Crippen LogP contribution in [0.5, 0.6) is 0 Å². The van der Waals surface area contributed by atoms with Crippen LogP contribution in [0.3, 0.4) is 0 Å². The zero-order chi connectivity index (χ0) is 11.4. The van der Waals surface area contributed by atoms with Gasteiger partial charge in [0.05, 0.1) is 12.7 Å². The van der Waals surface area contributed by atoms with E-state index in [2.05, 4.69) is 0 Å². The molecule has 3 nitrogen and oxygen atoms in total. The average Bonchev–Trinajstić information content (AvgIpc) is 2.23. The van der Waals surface area contributed by atoms with Gasteiger partial charge in [0.1, 0.15) is 0 Å². The van der Waals surface area contributed by atoms with Crippen LogP contribution in [0.4, 0.5) is 0 Å². The Balaban J connectivity index is 3.16. The van der Waals surface area contributed by atoms with Crippen LogP contribution in [0.1, 0.15) is 27.0 Å². The number of methoxy groups -OCH3 is 1. The molecular weight excluding hydrogens is 190 g/mol. The Labute approximate surface area is 90.2 Å². The number of nitrogens with two attached hydrogens (primary N) is 1. The van der Waals surface area contributed by atoms with E-state index in [1.807, 2.05) is 26.0 Å². The summed E-state index contributed by atoms with van der Waals surface area (Å²) in [5, 5.41) is 0. The van der Waals surface area contributed by atoms with Crippen LogP contribution >= 0.6 is 0 Å². The summed E-state index contributed by atoms with van der Waals surface area (Å²) in [5.41, 5.74) is 9.55. The summed E-state index contributed by atoms with van der Waals surface area (Å²) >= 11 is 0. The molecule has 3 heteroatoms. The van der Waals surface area contributed by atoms with Crippen molar-refractivity contribution >= 4 is 5.97 Å². The first-order valence-electron chi connectivity index (χ1n) is 4.98. The molecule has 1 aromatic carbocycles. The second-order valence-electron chi connectivity index (χ2n) is 3.61. The maximum atomic E-state index is 11.4. The number of carbonyl (C=O) groups is 1. The monoisotopic (exact) mass is 207 g/mol. The molecule has 82 valence electrons. The first kappa shape index (κ1) is 11.7. The maximum Gasteiger partial charge on any atom is 0.337 e. The van der Waals surface area contributed by atoms with Gasteiger partial charge in [0.25, 0.3) is 0 Å². The Hall–Kier alpha value is -1.35. The molecule has 0 atom stereocenters. The first-order valence-corrected chi connectivity index (χ1v) is 4.98. The fourth-order valence-corrected chi connectivity index (χ4v) is 1.58. The highest BCUT2D eigenvalue weighted by molar-refractivity contribution is 5.90. The fourth-order valence-electron chi connectivity index (χ4n) is 1.58. The smallest absolute Gasteiger partial charge is 0.337 e. The highest BCUT2D eigenvalue weighted by Crippen LogP contribution is 2.17. The second kappa shape index (κ2) is 4.94. The average molecular weight is 207 g/mol. The van der Waals surface area contributed by atoms with Gasteiger partial charge in [-0.05, 0) is 55.6 Å². The third-order valence-electron chi connectivity index (χ3n) is 2.61. The molecule has 1 rings (SSSR count). The van der Waals surface area contributed by atoms with Crippen molar-refractivity contribution < 1.29 is 9.53 Å². The minimum absolute atomic E-state index is 0.295. The molecular formula is C12H17NO2. The van der Waals surface area contributed by atoms with Crippen molar-refractivity contribution in [2.45, 2.75) is 20.3 Å². The number of hydrogen-bond donors (Lipinski definition) is 1. The standard InChI is InChI=1S/C12H17NO2/c1-8-6-11(12(14)15-3)7-10(4-5-13)9(8)2/h6-7H,4-5,13H2,1-3H3. The molecule has 0 unspecified atom stereocenters. The van der Waals surface area contributed by atoms with Gasteiger partial charge < -0.3 is 10.5 Å². The van der Waals surface area contributed by atoms with Crippen molar-refractivity contribution in [2.24, 2.45) is 5.73 Å². The van der Waals surface area contributed by atoms with Crippen LogP contribution in [-0.4, -0.2) is 19.6 Å². The largest absolute Gasteiger partial charge is 0.465 e. The summed E-state index contributed by atoms with van der Waals surface area (Å²) in [7, 11) is 1.39. The topological polar surface area (TPSA) is 52.3 Å². The summed E-state index contributed by atoms with van der Waals surface area (Å²) < 4.78 is 4.69. The second-order valence-corrected chi connectivity index (χ2v) is 3.61. The van der Waals surface area contributed by atoms with Gasteiger partial charge in [-0.2, -0.15) is 0 Å². The summed E-state index contributed by atoms with van der Waals surface area (Å²) in [4.78, 5) is 11.4. The molecule has 0 heterocycles. The highest BCUT2D eigenvalue weighted by atomic mass is 16.5. The van der Waals surface area contributed by atoms with Gasteiger partial charge in [-0.15, -0.1) is 0 Å². The summed E-state index contributed by atoms with van der Waals surface area (Å²) in [6, 6.07) is 3.71. The van der Waals surface area contributed by atoms with Crippen LogP contribution < -0.4 is 5.73 Å². The number of ether oxygens (including phenoxy) is 1. The predicted octanol–water partition coefficient (Wildman–Crippen LogP) is 1.59. The van der Waals surface area contributed by atoms with Crippen LogP contribution in [0, 0.1) is 13.8 Å². The summed E-state index contributed by atoms with van der Waals surface area (Å²) in [5.74, 6) is -0.295. The van der Waals surface area contributed by atoms with Gasteiger partial charge in [0, 0.05) is 0 Å². The predicted molar refractivity (Wildman–Crippen MR) is 60.0 cm³/mol. The maximum absolute atomic E-state index is 11.4. The molecule has 0 fully saturated rings. The van der Waals surface area contributed by atoms with Gasteiger partial charge in [0.15, 0.2) is 0 Å². The normalized spacial score (nSPS) is 10.1. The molecule has 0 radical (unpaired) electrons. The number of carbonyl (C=O) groups excluding carboxylic acids is 1. The molecule has 2 N–H and O–H groups in total. The van der Waals surface area contributed by atoms with E-state index in [1.165, 1.54) is 12.7 Å². The fraction of sp³-hybridized carbons (Fsp3) is 0.417. The van der Waals surface area contributed by atoms with E-state index in [4.69, 9.17) is 10.5 Å². The van der Waals surface area contributed by atoms with Gasteiger partial charge >= 0.3 is 5.97 Å². The van der Waals surface area contributed by atoms with E-state index >= 15 is 0 Å². The van der Waals surface area contributed by atoms with E-state index in [9.17, 15) is 4.79 Å². The van der Waals surface area contributed by atoms with Crippen molar-refractivity contribution in [3.8, 4) is 0 Å². The van der Waals surface area contributed by atoms with Crippen LogP contribution in [0.25, 0.3) is 0 Å². The molecule has 0 aliphatic heterocycles. The van der Waals surface area contributed by atoms with Crippen molar-refractivity contribution in [1.29, 1.82) is 0 Å². The molecule has 0 aliphatic rings. The van der Waals surface area contributed by atoms with Gasteiger partial charge in [-0.3, -0.25) is 0 Å². The number of benzene rings is 1. The Kier molecular flexibility index (Phi) is 3.86. The van der Waals surface area contributed by atoms with Crippen molar-refractivity contribution in [1.82, 2.24) is 0 Å². The number of hydrogen-bond acceptors (Lipinski definition) is 3. The van der Waals surface area contributed by atoms with Crippen LogP contribution in [0.2, 0.25) is 0 Å². The SMILES string of the molecule is COC(=O)c1cc(C)c(C)c(CCN)c1. The third kappa shape index (κ3) is 2.57. The molecule has 0 aromatic heterocycles. The Morgan fingerprint density at radius 1 is 1.40 bits per heavy atom. The van der Waals surface area contributed by atoms with Gasteiger partial charge in [0.2, 0.25) is 0 Å². The molecule has 0 bridgehead atoms. The van der Waals surface area contributed by atoms with E-state index in [0.717, 1.165) is 17.5 Å². The van der Waals surface area contributed by atoms with Crippen molar-refractivity contribution in [3.05, 3.63) is 34.4 Å². The minimum atomic E-state index is -0.295. The number of rotatable bonds is 3. The molecule has 0 spiro atoms. The van der Waals surface area contributed by atoms with E-state index in [1.54, 1.807) is 0 Å². The zero-order valence-corrected chi connectivity index (χ0v) is 9.46. The molecule has 0 saturated carbocycles. The van der Waals surface area contributed by atoms with Crippen molar-refractivity contribution in [2.75, 3.05) is 13.7 Å². The van der Waals surface area contributed by atoms with Crippen LogP contribution in [0.15, 0.2) is 12.1 Å². The third-order valence-corrected chi connectivity index (χ3v) is 2.61. The Bertz CT molecular complexity index is 372. The zero-order valence-electron chi connectivity index (χ0n) is 9.46. The molecule has 1 aromatic rings. The lowest BCUT2D eigenvalue weighted by molar-refractivity contribution is 0.0600. The lowest BCUT2D eigenvalue weighted by atomic mass is 9.97. The molecule has 0 amide bonds. The van der Waals surface area contributed by atoms with E-state index in [-0.39, 0.29) is 5.97 Å². The lowest BCUT2D eigenvalue weighted by Crippen LogP contribution is -2.08. The molecule has 15 heavy (non-hydrogen) atoms. The number of aryl methyl sites for hydroxylation is 1. The summed E-state index contributed by atoms with van der Waals surface area (Å²) in [6.07, 6.45) is 0.789. The molecule has 0 aliphatic carbocycles. The van der Waals surface area contributed by atoms with E-state index in [0.29, 0.717) is 12.1 Å². The van der Waals surface area contributed by atoms with Gasteiger partial charge in [-0.25, -0.2) is 4.79 Å². The van der Waals surface area contributed by atoms with E-state index < -0.39 is 0 Å². The van der Waals surface area contributed by atoms with Crippen LogP contribution in [-0.2, 0) is 11.2 Å². The Morgan fingerprint density at radius 2 is 2.07 bits per heavy atom. The summed E-state index contributed by atoms with van der Waals surface area (Å²) in [6.45, 7) is 4.62. The molecule has 0 saturated heterocycles. The lowest BCUT2D eigenvalue weighted by Gasteiger charge is -2.10. The quantitative estimate of drug-likeness (QED) is 0.766. The first-order chi connectivity index (χ1) is 7.10. The highest BCUT2D eigenvalue weighted by Gasteiger charge is 2.10. The Morgan fingerprint density at radius 3 is 2.60 bits per heavy atom.